The highest BCUT2D eigenvalue weighted by atomic mass is 35.5. The van der Waals surface area contributed by atoms with Gasteiger partial charge in [0.2, 0.25) is 0 Å². The van der Waals surface area contributed by atoms with Gasteiger partial charge in [-0.1, -0.05) is 29.8 Å². The van der Waals surface area contributed by atoms with Gasteiger partial charge in [0.15, 0.2) is 0 Å². The minimum atomic E-state index is -0.483. The van der Waals surface area contributed by atoms with E-state index >= 15 is 0 Å². The number of aryl methyl sites for hydroxylation is 1. The Morgan fingerprint density at radius 2 is 1.79 bits per heavy atom. The molecule has 4 heteroatoms. The largest absolute Gasteiger partial charge is 0.508 e. The zero-order valence-corrected chi connectivity index (χ0v) is 11.4. The minimum Gasteiger partial charge on any atom is -0.508 e. The Balaban J connectivity index is 2.51. The predicted octanol–water partition coefficient (Wildman–Crippen LogP) is 3.81. The van der Waals surface area contributed by atoms with Crippen LogP contribution in [-0.4, -0.2) is 18.2 Å². The van der Waals surface area contributed by atoms with Crippen molar-refractivity contribution in [2.75, 3.05) is 7.11 Å². The van der Waals surface area contributed by atoms with Crippen LogP contribution in [-0.2, 0) is 4.74 Å². The summed E-state index contributed by atoms with van der Waals surface area (Å²) in [5.41, 5.74) is 2.71. The fraction of sp³-hybridized carbons (Fsp3) is 0.133. The highest BCUT2D eigenvalue weighted by Gasteiger charge is 2.12. The van der Waals surface area contributed by atoms with Gasteiger partial charge in [-0.25, -0.2) is 4.79 Å². The Kier molecular flexibility index (Phi) is 3.76. The number of rotatable bonds is 2. The summed E-state index contributed by atoms with van der Waals surface area (Å²) in [6.45, 7) is 1.82. The topological polar surface area (TPSA) is 46.5 Å². The highest BCUT2D eigenvalue weighted by Crippen LogP contribution is 2.29. The number of carbonyl (C=O) groups excluding carboxylic acids is 1. The van der Waals surface area contributed by atoms with Crippen molar-refractivity contribution in [1.29, 1.82) is 0 Å². The number of hydrogen-bond donors (Lipinski definition) is 1. The lowest BCUT2D eigenvalue weighted by atomic mass is 10.0. The van der Waals surface area contributed by atoms with Crippen LogP contribution in [0.1, 0.15) is 15.9 Å². The predicted molar refractivity (Wildman–Crippen MR) is 74.6 cm³/mol. The molecular formula is C15H13ClO3. The van der Waals surface area contributed by atoms with Crippen LogP contribution in [0.3, 0.4) is 0 Å². The molecule has 3 nitrogen and oxygen atoms in total. The molecule has 0 amide bonds. The first kappa shape index (κ1) is 13.4. The van der Waals surface area contributed by atoms with Crippen molar-refractivity contribution in [2.45, 2.75) is 6.92 Å². The van der Waals surface area contributed by atoms with E-state index in [-0.39, 0.29) is 5.75 Å². The minimum absolute atomic E-state index is 0.215. The second kappa shape index (κ2) is 5.33. The molecule has 2 aromatic carbocycles. The summed E-state index contributed by atoms with van der Waals surface area (Å²) in [7, 11) is 1.31. The smallest absolute Gasteiger partial charge is 0.339 e. The van der Waals surface area contributed by atoms with Gasteiger partial charge in [0, 0.05) is 0 Å². The zero-order valence-electron chi connectivity index (χ0n) is 10.6. The molecule has 0 aliphatic heterocycles. The number of aromatic hydroxyl groups is 1. The van der Waals surface area contributed by atoms with Gasteiger partial charge < -0.3 is 9.84 Å². The molecule has 0 bridgehead atoms. The van der Waals surface area contributed by atoms with Crippen molar-refractivity contribution < 1.29 is 14.6 Å². The molecule has 0 aliphatic rings. The number of carbonyl (C=O) groups is 1. The van der Waals surface area contributed by atoms with Gasteiger partial charge in [0.05, 0.1) is 17.7 Å². The summed E-state index contributed by atoms with van der Waals surface area (Å²) in [5, 5.41) is 10.1. The molecule has 0 atom stereocenters. The third-order valence-corrected chi connectivity index (χ3v) is 3.24. The van der Waals surface area contributed by atoms with Crippen LogP contribution >= 0.6 is 11.6 Å². The molecule has 0 heterocycles. The Labute approximate surface area is 116 Å². The van der Waals surface area contributed by atoms with Gasteiger partial charge in [0.1, 0.15) is 5.75 Å². The van der Waals surface area contributed by atoms with Gasteiger partial charge in [-0.3, -0.25) is 0 Å². The van der Waals surface area contributed by atoms with Gasteiger partial charge in [-0.2, -0.15) is 0 Å². The SMILES string of the molecule is COC(=O)c1cc(-c2ccc(C)c(O)c2)ccc1Cl. The van der Waals surface area contributed by atoms with Crippen LogP contribution < -0.4 is 0 Å². The maximum absolute atomic E-state index is 11.6. The summed E-state index contributed by atoms with van der Waals surface area (Å²) >= 11 is 5.96. The van der Waals surface area contributed by atoms with Gasteiger partial charge >= 0.3 is 5.97 Å². The fourth-order valence-electron chi connectivity index (χ4n) is 1.76. The van der Waals surface area contributed by atoms with Crippen LogP contribution in [0.4, 0.5) is 0 Å². The average Bonchev–Trinajstić information content (AvgIpc) is 2.41. The van der Waals surface area contributed by atoms with Crippen LogP contribution in [0.2, 0.25) is 5.02 Å². The average molecular weight is 277 g/mol. The highest BCUT2D eigenvalue weighted by molar-refractivity contribution is 6.33. The lowest BCUT2D eigenvalue weighted by Crippen LogP contribution is -2.02. The van der Waals surface area contributed by atoms with E-state index in [4.69, 9.17) is 11.6 Å². The quantitative estimate of drug-likeness (QED) is 0.849. The van der Waals surface area contributed by atoms with E-state index in [2.05, 4.69) is 4.74 Å². The lowest BCUT2D eigenvalue weighted by Gasteiger charge is -2.08. The summed E-state index contributed by atoms with van der Waals surface area (Å²) in [5.74, 6) is -0.268. The molecule has 0 fully saturated rings. The molecule has 0 radical (unpaired) electrons. The molecule has 2 aromatic rings. The molecule has 1 N–H and O–H groups in total. The van der Waals surface area contributed by atoms with E-state index in [1.165, 1.54) is 7.11 Å². The number of esters is 1. The number of benzene rings is 2. The van der Waals surface area contributed by atoms with E-state index in [0.29, 0.717) is 10.6 Å². The first-order valence-electron chi connectivity index (χ1n) is 5.71. The molecule has 0 spiro atoms. The maximum atomic E-state index is 11.6. The lowest BCUT2D eigenvalue weighted by molar-refractivity contribution is 0.0601. The number of ether oxygens (including phenoxy) is 1. The first-order valence-corrected chi connectivity index (χ1v) is 6.08. The van der Waals surface area contributed by atoms with Crippen molar-refractivity contribution in [1.82, 2.24) is 0 Å². The van der Waals surface area contributed by atoms with Gasteiger partial charge in [-0.05, 0) is 41.8 Å². The summed E-state index contributed by atoms with van der Waals surface area (Å²) < 4.78 is 4.68. The second-order valence-corrected chi connectivity index (χ2v) is 4.59. The van der Waals surface area contributed by atoms with Crippen molar-refractivity contribution in [3.63, 3.8) is 0 Å². The van der Waals surface area contributed by atoms with Crippen molar-refractivity contribution >= 4 is 17.6 Å². The number of phenolic OH excluding ortho intramolecular Hbond substituents is 1. The molecule has 2 rings (SSSR count). The van der Waals surface area contributed by atoms with Crippen molar-refractivity contribution in [3.8, 4) is 16.9 Å². The molecule has 98 valence electrons. The van der Waals surface area contributed by atoms with Crippen LogP contribution in [0.5, 0.6) is 5.75 Å². The Morgan fingerprint density at radius 3 is 2.42 bits per heavy atom. The molecule has 0 unspecified atom stereocenters. The molecule has 0 aromatic heterocycles. The van der Waals surface area contributed by atoms with Crippen LogP contribution in [0, 0.1) is 6.92 Å². The number of phenols is 1. The zero-order chi connectivity index (χ0) is 14.0. The van der Waals surface area contributed by atoms with E-state index in [1.54, 1.807) is 24.3 Å². The fourth-order valence-corrected chi connectivity index (χ4v) is 1.95. The summed E-state index contributed by atoms with van der Waals surface area (Å²) in [4.78, 5) is 11.6. The van der Waals surface area contributed by atoms with E-state index in [1.807, 2.05) is 19.1 Å². The third-order valence-electron chi connectivity index (χ3n) is 2.91. The maximum Gasteiger partial charge on any atom is 0.339 e. The molecule has 19 heavy (non-hydrogen) atoms. The molecular weight excluding hydrogens is 264 g/mol. The van der Waals surface area contributed by atoms with Crippen molar-refractivity contribution in [3.05, 3.63) is 52.5 Å². The number of methoxy groups -OCH3 is 1. The molecule has 0 saturated heterocycles. The second-order valence-electron chi connectivity index (χ2n) is 4.19. The van der Waals surface area contributed by atoms with Gasteiger partial charge in [-0.15, -0.1) is 0 Å². The Bertz CT molecular complexity index is 635. The standard InChI is InChI=1S/C15H13ClO3/c1-9-3-4-11(8-14(9)17)10-5-6-13(16)12(7-10)15(18)19-2/h3-8,17H,1-2H3. The number of halogens is 1. The Hall–Kier alpha value is -2.00. The van der Waals surface area contributed by atoms with Crippen LogP contribution in [0.25, 0.3) is 11.1 Å². The number of hydrogen-bond acceptors (Lipinski definition) is 3. The first-order chi connectivity index (χ1) is 9.02. The van der Waals surface area contributed by atoms with E-state index in [9.17, 15) is 9.90 Å². The Morgan fingerprint density at radius 1 is 1.16 bits per heavy atom. The monoisotopic (exact) mass is 276 g/mol. The van der Waals surface area contributed by atoms with Crippen molar-refractivity contribution in [2.24, 2.45) is 0 Å². The van der Waals surface area contributed by atoms with Gasteiger partial charge in [0.25, 0.3) is 0 Å². The van der Waals surface area contributed by atoms with E-state index < -0.39 is 5.97 Å². The third kappa shape index (κ3) is 2.71. The van der Waals surface area contributed by atoms with E-state index in [0.717, 1.165) is 16.7 Å². The molecule has 0 saturated carbocycles. The van der Waals surface area contributed by atoms with Crippen LogP contribution in [0.15, 0.2) is 36.4 Å². The summed E-state index contributed by atoms with van der Waals surface area (Å²) in [6.07, 6.45) is 0. The normalized spacial score (nSPS) is 10.3. The summed E-state index contributed by atoms with van der Waals surface area (Å²) in [6, 6.07) is 10.4. The molecule has 0 aliphatic carbocycles.